The number of rotatable bonds is 3. The lowest BCUT2D eigenvalue weighted by Gasteiger charge is -2.22. The van der Waals surface area contributed by atoms with Gasteiger partial charge in [0.2, 0.25) is 0 Å². The summed E-state index contributed by atoms with van der Waals surface area (Å²) in [7, 11) is 0. The molecule has 2 heterocycles. The first-order valence-electron chi connectivity index (χ1n) is 8.79. The number of alkyl halides is 3. The van der Waals surface area contributed by atoms with Gasteiger partial charge in [-0.2, -0.15) is 13.2 Å². The highest BCUT2D eigenvalue weighted by molar-refractivity contribution is 5.92. The van der Waals surface area contributed by atoms with Gasteiger partial charge in [-0.3, -0.25) is 14.7 Å². The fourth-order valence-corrected chi connectivity index (χ4v) is 3.05. The van der Waals surface area contributed by atoms with Gasteiger partial charge in [-0.25, -0.2) is 4.98 Å². The zero-order chi connectivity index (χ0) is 19.4. The average molecular weight is 378 g/mol. The number of hydrogen-bond acceptors (Lipinski definition) is 4. The highest BCUT2D eigenvalue weighted by atomic mass is 19.4. The van der Waals surface area contributed by atoms with Gasteiger partial charge in [0.15, 0.2) is 0 Å². The molecule has 144 valence electrons. The third-order valence-corrected chi connectivity index (χ3v) is 4.56. The van der Waals surface area contributed by atoms with Crippen LogP contribution in [-0.2, 0) is 12.7 Å². The lowest BCUT2D eigenvalue weighted by atomic mass is 10.1. The molecule has 1 fully saturated rings. The predicted molar refractivity (Wildman–Crippen MR) is 94.0 cm³/mol. The zero-order valence-corrected chi connectivity index (χ0v) is 15.0. The van der Waals surface area contributed by atoms with Crippen LogP contribution in [0.4, 0.5) is 13.2 Å². The summed E-state index contributed by atoms with van der Waals surface area (Å²) in [5.74, 6) is -0.140. The van der Waals surface area contributed by atoms with Crippen molar-refractivity contribution in [3.05, 3.63) is 59.2 Å². The maximum absolute atomic E-state index is 12.7. The maximum Gasteiger partial charge on any atom is 0.416 e. The van der Waals surface area contributed by atoms with Crippen LogP contribution in [-0.4, -0.2) is 51.9 Å². The molecule has 0 aliphatic carbocycles. The number of nitrogens with zero attached hydrogens (tertiary/aromatic N) is 4. The van der Waals surface area contributed by atoms with E-state index in [0.29, 0.717) is 31.9 Å². The molecule has 1 aromatic carbocycles. The zero-order valence-electron chi connectivity index (χ0n) is 15.0. The van der Waals surface area contributed by atoms with Crippen molar-refractivity contribution in [3.63, 3.8) is 0 Å². The summed E-state index contributed by atoms with van der Waals surface area (Å²) in [4.78, 5) is 24.7. The Morgan fingerprint density at radius 2 is 1.78 bits per heavy atom. The molecule has 3 rings (SSSR count). The maximum atomic E-state index is 12.7. The van der Waals surface area contributed by atoms with E-state index in [1.807, 2.05) is 6.92 Å². The Morgan fingerprint density at radius 1 is 1.04 bits per heavy atom. The van der Waals surface area contributed by atoms with Crippen molar-refractivity contribution in [1.29, 1.82) is 0 Å². The van der Waals surface area contributed by atoms with E-state index in [-0.39, 0.29) is 5.91 Å². The summed E-state index contributed by atoms with van der Waals surface area (Å²) in [5.41, 5.74) is 1.27. The van der Waals surface area contributed by atoms with Gasteiger partial charge in [0.05, 0.1) is 17.5 Å². The van der Waals surface area contributed by atoms with Crippen LogP contribution in [0.25, 0.3) is 0 Å². The molecule has 1 amide bonds. The van der Waals surface area contributed by atoms with Crippen LogP contribution in [0.5, 0.6) is 0 Å². The number of hydrogen-bond donors (Lipinski definition) is 0. The minimum Gasteiger partial charge on any atom is -0.336 e. The molecule has 1 aliphatic heterocycles. The third kappa shape index (κ3) is 5.03. The molecule has 0 unspecified atom stereocenters. The van der Waals surface area contributed by atoms with Gasteiger partial charge < -0.3 is 4.90 Å². The molecule has 1 saturated heterocycles. The molecular formula is C19H21F3N4O. The molecule has 0 N–H and O–H groups in total. The van der Waals surface area contributed by atoms with Crippen molar-refractivity contribution in [3.8, 4) is 0 Å². The topological polar surface area (TPSA) is 49.3 Å². The van der Waals surface area contributed by atoms with E-state index in [2.05, 4.69) is 14.9 Å². The lowest BCUT2D eigenvalue weighted by molar-refractivity contribution is -0.137. The third-order valence-electron chi connectivity index (χ3n) is 4.56. The molecule has 0 radical (unpaired) electrons. The van der Waals surface area contributed by atoms with E-state index in [9.17, 15) is 18.0 Å². The highest BCUT2D eigenvalue weighted by Gasteiger charge is 2.30. The number of aromatic nitrogens is 2. The number of carbonyl (C=O) groups excluding carboxylic acids is 1. The second kappa shape index (κ2) is 8.04. The van der Waals surface area contributed by atoms with Crippen molar-refractivity contribution in [2.45, 2.75) is 26.1 Å². The number of amides is 1. The van der Waals surface area contributed by atoms with Crippen molar-refractivity contribution in [2.75, 3.05) is 26.2 Å². The molecular weight excluding hydrogens is 357 g/mol. The van der Waals surface area contributed by atoms with Gasteiger partial charge in [0.1, 0.15) is 5.69 Å². The molecule has 0 atom stereocenters. The number of halogens is 3. The van der Waals surface area contributed by atoms with Crippen molar-refractivity contribution in [1.82, 2.24) is 19.8 Å². The first kappa shape index (κ1) is 19.3. The molecule has 0 saturated carbocycles. The van der Waals surface area contributed by atoms with Gasteiger partial charge >= 0.3 is 6.18 Å². The largest absolute Gasteiger partial charge is 0.416 e. The van der Waals surface area contributed by atoms with Crippen LogP contribution in [0.15, 0.2) is 36.7 Å². The molecule has 1 aliphatic rings. The SMILES string of the molecule is Cc1cnc(C(=O)N2CCCN(Cc3ccc(C(F)(F)F)cc3)CC2)cn1. The Bertz CT molecular complexity index is 775. The van der Waals surface area contributed by atoms with Crippen molar-refractivity contribution >= 4 is 5.91 Å². The monoisotopic (exact) mass is 378 g/mol. The second-order valence-electron chi connectivity index (χ2n) is 6.66. The summed E-state index contributed by atoms with van der Waals surface area (Å²) in [6, 6.07) is 5.25. The van der Waals surface area contributed by atoms with Gasteiger partial charge in [-0.15, -0.1) is 0 Å². The number of benzene rings is 1. The predicted octanol–water partition coefficient (Wildman–Crippen LogP) is 3.15. The molecule has 8 heteroatoms. The van der Waals surface area contributed by atoms with Gasteiger partial charge in [0.25, 0.3) is 5.91 Å². The summed E-state index contributed by atoms with van der Waals surface area (Å²) in [5, 5.41) is 0. The minimum atomic E-state index is -4.32. The summed E-state index contributed by atoms with van der Waals surface area (Å²) in [6.45, 7) is 4.99. The van der Waals surface area contributed by atoms with E-state index in [4.69, 9.17) is 0 Å². The average Bonchev–Trinajstić information content (AvgIpc) is 2.87. The van der Waals surface area contributed by atoms with E-state index in [1.54, 1.807) is 11.1 Å². The van der Waals surface area contributed by atoms with Crippen LogP contribution < -0.4 is 0 Å². The van der Waals surface area contributed by atoms with Gasteiger partial charge in [0, 0.05) is 38.9 Å². The van der Waals surface area contributed by atoms with Crippen LogP contribution in [0.2, 0.25) is 0 Å². The second-order valence-corrected chi connectivity index (χ2v) is 6.66. The Morgan fingerprint density at radius 3 is 2.41 bits per heavy atom. The summed E-state index contributed by atoms with van der Waals surface area (Å²) in [6.07, 6.45) is -0.461. The van der Waals surface area contributed by atoms with E-state index in [0.717, 1.165) is 36.4 Å². The summed E-state index contributed by atoms with van der Waals surface area (Å²) >= 11 is 0. The molecule has 27 heavy (non-hydrogen) atoms. The fraction of sp³-hybridized carbons (Fsp3) is 0.421. The molecule has 1 aromatic heterocycles. The first-order valence-corrected chi connectivity index (χ1v) is 8.79. The van der Waals surface area contributed by atoms with Crippen LogP contribution in [0, 0.1) is 6.92 Å². The molecule has 5 nitrogen and oxygen atoms in total. The van der Waals surface area contributed by atoms with E-state index < -0.39 is 11.7 Å². The minimum absolute atomic E-state index is 0.140. The van der Waals surface area contributed by atoms with Crippen LogP contribution in [0.3, 0.4) is 0 Å². The molecule has 0 spiro atoms. The van der Waals surface area contributed by atoms with E-state index in [1.165, 1.54) is 18.3 Å². The quantitative estimate of drug-likeness (QED) is 0.823. The summed E-state index contributed by atoms with van der Waals surface area (Å²) < 4.78 is 38.0. The molecule has 0 bridgehead atoms. The Kier molecular flexibility index (Phi) is 5.74. The number of carbonyl (C=O) groups is 1. The van der Waals surface area contributed by atoms with Crippen LogP contribution >= 0.6 is 0 Å². The first-order chi connectivity index (χ1) is 12.8. The van der Waals surface area contributed by atoms with Crippen molar-refractivity contribution in [2.24, 2.45) is 0 Å². The number of aryl methyl sites for hydroxylation is 1. The van der Waals surface area contributed by atoms with Gasteiger partial charge in [-0.1, -0.05) is 12.1 Å². The highest BCUT2D eigenvalue weighted by Crippen LogP contribution is 2.29. The smallest absolute Gasteiger partial charge is 0.336 e. The standard InChI is InChI=1S/C19H21F3N4O/c1-14-11-24-17(12-23-14)18(27)26-8-2-7-25(9-10-26)13-15-3-5-16(6-4-15)19(20,21)22/h3-6,11-12H,2,7-10,13H2,1H3. The Labute approximate surface area is 155 Å². The van der Waals surface area contributed by atoms with Crippen LogP contribution in [0.1, 0.15) is 33.7 Å². The van der Waals surface area contributed by atoms with Crippen molar-refractivity contribution < 1.29 is 18.0 Å². The van der Waals surface area contributed by atoms with E-state index >= 15 is 0 Å². The Hall–Kier alpha value is -2.48. The molecule has 2 aromatic rings. The lowest BCUT2D eigenvalue weighted by Crippen LogP contribution is -2.35. The van der Waals surface area contributed by atoms with Gasteiger partial charge in [-0.05, 0) is 31.0 Å². The fourth-order valence-electron chi connectivity index (χ4n) is 3.05. The Balaban J connectivity index is 1.58. The normalized spacial score (nSPS) is 16.2.